The van der Waals surface area contributed by atoms with Gasteiger partial charge in [-0.25, -0.2) is 13.1 Å². The number of hydrogen-bond acceptors (Lipinski definition) is 4. The summed E-state index contributed by atoms with van der Waals surface area (Å²) in [7, 11) is -3.48. The van der Waals surface area contributed by atoms with Crippen LogP contribution in [0.5, 0.6) is 0 Å². The number of sulfonamides is 1. The molecular weight excluding hydrogens is 290 g/mol. The fraction of sp³-hybridized carbons (Fsp3) is 0.500. The normalized spacial score (nSPS) is 12.2. The van der Waals surface area contributed by atoms with Gasteiger partial charge in [0.1, 0.15) is 0 Å². The summed E-state index contributed by atoms with van der Waals surface area (Å²) in [6.45, 7) is 5.75. The second-order valence-corrected chi connectivity index (χ2v) is 6.61. The molecule has 0 aliphatic heterocycles. The molecule has 7 heteroatoms. The fourth-order valence-electron chi connectivity index (χ4n) is 1.82. The van der Waals surface area contributed by atoms with Gasteiger partial charge in [0, 0.05) is 12.2 Å². The van der Waals surface area contributed by atoms with Crippen molar-refractivity contribution in [3.05, 3.63) is 24.3 Å². The van der Waals surface area contributed by atoms with Gasteiger partial charge in [-0.1, -0.05) is 20.8 Å². The van der Waals surface area contributed by atoms with Gasteiger partial charge in [0.2, 0.25) is 15.9 Å². The molecule has 1 amide bonds. The summed E-state index contributed by atoms with van der Waals surface area (Å²) in [5.41, 5.74) is 5.62. The highest BCUT2D eigenvalue weighted by atomic mass is 32.2. The Labute approximate surface area is 126 Å². The molecule has 0 spiro atoms. The van der Waals surface area contributed by atoms with Crippen LogP contribution in [0.4, 0.5) is 5.69 Å². The number of rotatable bonds is 7. The van der Waals surface area contributed by atoms with Crippen LogP contribution < -0.4 is 15.8 Å². The van der Waals surface area contributed by atoms with Crippen LogP contribution in [0.2, 0.25) is 0 Å². The van der Waals surface area contributed by atoms with Gasteiger partial charge in [-0.05, 0) is 37.1 Å². The molecule has 0 radical (unpaired) electrons. The van der Waals surface area contributed by atoms with E-state index in [2.05, 4.69) is 10.0 Å². The second-order valence-electron chi connectivity index (χ2n) is 4.84. The van der Waals surface area contributed by atoms with Crippen molar-refractivity contribution >= 4 is 21.6 Å². The molecule has 0 unspecified atom stereocenters. The third-order valence-electron chi connectivity index (χ3n) is 3.47. The minimum absolute atomic E-state index is 0.160. The monoisotopic (exact) mass is 313 g/mol. The molecule has 6 nitrogen and oxygen atoms in total. The van der Waals surface area contributed by atoms with Gasteiger partial charge in [0.05, 0.1) is 10.4 Å². The molecular formula is C14H23N3O3S. The smallest absolute Gasteiger partial charge is 0.244 e. The van der Waals surface area contributed by atoms with Crippen LogP contribution in [-0.4, -0.2) is 26.4 Å². The van der Waals surface area contributed by atoms with Crippen molar-refractivity contribution in [2.75, 3.05) is 11.9 Å². The predicted octanol–water partition coefficient (Wildman–Crippen LogP) is 1.44. The lowest BCUT2D eigenvalue weighted by Gasteiger charge is -2.25. The average Bonchev–Trinajstić information content (AvgIpc) is 2.46. The van der Waals surface area contributed by atoms with E-state index < -0.39 is 15.6 Å². The van der Waals surface area contributed by atoms with E-state index in [0.717, 1.165) is 0 Å². The first-order valence-corrected chi connectivity index (χ1v) is 8.47. The standard InChI is InChI=1S/C14H23N3O3S/c1-4-14(15,5-2)13(18)17-11-7-9-12(10-8-11)21(19,20)16-6-3/h7-10,16H,4-6,15H2,1-3H3,(H,17,18). The van der Waals surface area contributed by atoms with Crippen LogP contribution in [0.15, 0.2) is 29.2 Å². The Bertz CT molecular complexity index is 578. The summed E-state index contributed by atoms with van der Waals surface area (Å²) >= 11 is 0. The van der Waals surface area contributed by atoms with E-state index in [1.807, 2.05) is 13.8 Å². The molecule has 0 atom stereocenters. The Morgan fingerprint density at radius 2 is 1.67 bits per heavy atom. The number of benzene rings is 1. The zero-order valence-electron chi connectivity index (χ0n) is 12.6. The van der Waals surface area contributed by atoms with E-state index in [0.29, 0.717) is 25.1 Å². The maximum absolute atomic E-state index is 12.1. The van der Waals surface area contributed by atoms with E-state index >= 15 is 0 Å². The van der Waals surface area contributed by atoms with Crippen LogP contribution in [0, 0.1) is 0 Å². The number of amides is 1. The summed E-state index contributed by atoms with van der Waals surface area (Å²) in [6, 6.07) is 6.00. The van der Waals surface area contributed by atoms with E-state index in [1.54, 1.807) is 19.1 Å². The van der Waals surface area contributed by atoms with Crippen molar-refractivity contribution in [3.63, 3.8) is 0 Å². The number of hydrogen-bond donors (Lipinski definition) is 3. The Morgan fingerprint density at radius 3 is 2.10 bits per heavy atom. The molecule has 0 saturated carbocycles. The van der Waals surface area contributed by atoms with Crippen molar-refractivity contribution in [1.82, 2.24) is 4.72 Å². The quantitative estimate of drug-likeness (QED) is 0.709. The third-order valence-corrected chi connectivity index (χ3v) is 5.03. The summed E-state index contributed by atoms with van der Waals surface area (Å²) in [6.07, 6.45) is 1.06. The number of nitrogens with one attached hydrogen (secondary N) is 2. The molecule has 0 aliphatic carbocycles. The van der Waals surface area contributed by atoms with Gasteiger partial charge in [-0.2, -0.15) is 0 Å². The molecule has 0 bridgehead atoms. The van der Waals surface area contributed by atoms with Crippen LogP contribution in [0.25, 0.3) is 0 Å². The van der Waals surface area contributed by atoms with Gasteiger partial charge in [0.15, 0.2) is 0 Å². The lowest BCUT2D eigenvalue weighted by atomic mass is 9.93. The first-order valence-electron chi connectivity index (χ1n) is 6.99. The third kappa shape index (κ3) is 4.26. The highest BCUT2D eigenvalue weighted by molar-refractivity contribution is 7.89. The average molecular weight is 313 g/mol. The Balaban J connectivity index is 2.87. The number of anilines is 1. The van der Waals surface area contributed by atoms with Gasteiger partial charge >= 0.3 is 0 Å². The van der Waals surface area contributed by atoms with Crippen molar-refractivity contribution in [3.8, 4) is 0 Å². The summed E-state index contributed by atoms with van der Waals surface area (Å²) < 4.78 is 26.0. The Hall–Kier alpha value is -1.44. The lowest BCUT2D eigenvalue weighted by molar-refractivity contribution is -0.121. The molecule has 0 aliphatic rings. The van der Waals surface area contributed by atoms with E-state index in [9.17, 15) is 13.2 Å². The molecule has 1 aromatic rings. The van der Waals surface area contributed by atoms with Gasteiger partial charge < -0.3 is 11.1 Å². The zero-order chi connectivity index (χ0) is 16.1. The minimum atomic E-state index is -3.48. The molecule has 4 N–H and O–H groups in total. The van der Waals surface area contributed by atoms with E-state index in [-0.39, 0.29) is 10.8 Å². The van der Waals surface area contributed by atoms with Crippen LogP contribution in [0.3, 0.4) is 0 Å². The molecule has 1 aromatic carbocycles. The van der Waals surface area contributed by atoms with Gasteiger partial charge in [-0.3, -0.25) is 4.79 Å². The summed E-state index contributed by atoms with van der Waals surface area (Å²) in [5, 5.41) is 2.72. The Kier molecular flexibility index (Phi) is 5.88. The number of carbonyl (C=O) groups excluding carboxylic acids is 1. The molecule has 0 aromatic heterocycles. The van der Waals surface area contributed by atoms with E-state index in [4.69, 9.17) is 5.73 Å². The largest absolute Gasteiger partial charge is 0.324 e. The van der Waals surface area contributed by atoms with Gasteiger partial charge in [-0.15, -0.1) is 0 Å². The first kappa shape index (κ1) is 17.6. The van der Waals surface area contributed by atoms with Crippen LogP contribution in [0.1, 0.15) is 33.6 Å². The number of carbonyl (C=O) groups is 1. The fourth-order valence-corrected chi connectivity index (χ4v) is 2.86. The van der Waals surface area contributed by atoms with Crippen LogP contribution in [-0.2, 0) is 14.8 Å². The SMILES string of the molecule is CCNS(=O)(=O)c1ccc(NC(=O)C(N)(CC)CC)cc1. The molecule has 0 fully saturated rings. The molecule has 0 heterocycles. The summed E-state index contributed by atoms with van der Waals surface area (Å²) in [5.74, 6) is -0.269. The molecule has 0 saturated heterocycles. The van der Waals surface area contributed by atoms with Crippen molar-refractivity contribution in [2.24, 2.45) is 5.73 Å². The lowest BCUT2D eigenvalue weighted by Crippen LogP contribution is -2.50. The second kappa shape index (κ2) is 7.02. The highest BCUT2D eigenvalue weighted by Gasteiger charge is 2.29. The zero-order valence-corrected chi connectivity index (χ0v) is 13.5. The maximum atomic E-state index is 12.1. The first-order chi connectivity index (χ1) is 9.79. The highest BCUT2D eigenvalue weighted by Crippen LogP contribution is 2.17. The molecule has 118 valence electrons. The van der Waals surface area contributed by atoms with Crippen molar-refractivity contribution in [1.29, 1.82) is 0 Å². The molecule has 21 heavy (non-hydrogen) atoms. The van der Waals surface area contributed by atoms with Crippen molar-refractivity contribution in [2.45, 2.75) is 44.0 Å². The minimum Gasteiger partial charge on any atom is -0.324 e. The number of nitrogens with two attached hydrogens (primary N) is 1. The topological polar surface area (TPSA) is 101 Å². The predicted molar refractivity (Wildman–Crippen MR) is 83.4 cm³/mol. The van der Waals surface area contributed by atoms with Gasteiger partial charge in [0.25, 0.3) is 0 Å². The van der Waals surface area contributed by atoms with Crippen LogP contribution >= 0.6 is 0 Å². The van der Waals surface area contributed by atoms with E-state index in [1.165, 1.54) is 12.1 Å². The summed E-state index contributed by atoms with van der Waals surface area (Å²) in [4.78, 5) is 12.3. The maximum Gasteiger partial charge on any atom is 0.244 e. The Morgan fingerprint density at radius 1 is 1.14 bits per heavy atom. The molecule has 1 rings (SSSR count). The van der Waals surface area contributed by atoms with Crippen molar-refractivity contribution < 1.29 is 13.2 Å².